The molecule has 2 unspecified atom stereocenters. The Labute approximate surface area is 245 Å². The van der Waals surface area contributed by atoms with Crippen LogP contribution in [0.25, 0.3) is 0 Å². The second-order valence-electron chi connectivity index (χ2n) is 12.1. The molecule has 7 nitrogen and oxygen atoms in total. The Kier molecular flexibility index (Phi) is 20.5. The molecule has 7 heteroatoms. The summed E-state index contributed by atoms with van der Waals surface area (Å²) in [4.78, 5) is 27.5. The number of nitrogens with one attached hydrogen (secondary N) is 1. The van der Waals surface area contributed by atoms with Gasteiger partial charge in [0.1, 0.15) is 12.1 Å². The van der Waals surface area contributed by atoms with Gasteiger partial charge in [0, 0.05) is 32.5 Å². The first-order valence-electron chi connectivity index (χ1n) is 17.1. The van der Waals surface area contributed by atoms with E-state index in [1.165, 1.54) is 83.7 Å². The Morgan fingerprint density at radius 3 is 2.12 bits per heavy atom. The van der Waals surface area contributed by atoms with Crippen LogP contribution in [0.3, 0.4) is 0 Å². The van der Waals surface area contributed by atoms with Crippen LogP contribution >= 0.6 is 0 Å². The second-order valence-corrected chi connectivity index (χ2v) is 12.1. The molecule has 0 aliphatic carbocycles. The van der Waals surface area contributed by atoms with Crippen molar-refractivity contribution in [3.8, 4) is 0 Å². The van der Waals surface area contributed by atoms with Crippen LogP contribution in [0.5, 0.6) is 0 Å². The lowest BCUT2D eigenvalue weighted by Gasteiger charge is -2.18. The summed E-state index contributed by atoms with van der Waals surface area (Å²) in [7, 11) is 0. The van der Waals surface area contributed by atoms with Gasteiger partial charge in [0.15, 0.2) is 0 Å². The number of likely N-dealkylation sites (tertiary alicyclic amines) is 1. The van der Waals surface area contributed by atoms with Gasteiger partial charge in [-0.05, 0) is 70.9 Å². The van der Waals surface area contributed by atoms with Gasteiger partial charge in [0.2, 0.25) is 0 Å². The fraction of sp³-hybridized carbons (Fsp3) is 0.939. The molecule has 0 radical (unpaired) electrons. The molecule has 0 spiro atoms. The normalized spacial score (nSPS) is 20.1. The maximum Gasteiger partial charge on any atom is 0.323 e. The Balaban J connectivity index is 1.52. The number of hydrogen-bond donors (Lipinski definition) is 1. The summed E-state index contributed by atoms with van der Waals surface area (Å²) in [6.07, 6.45) is 22.0. The van der Waals surface area contributed by atoms with Crippen molar-refractivity contribution in [1.29, 1.82) is 0 Å². The van der Waals surface area contributed by atoms with E-state index in [9.17, 15) is 9.59 Å². The van der Waals surface area contributed by atoms with Gasteiger partial charge in [-0.25, -0.2) is 0 Å². The predicted octanol–water partition coefficient (Wildman–Crippen LogP) is 6.96. The van der Waals surface area contributed by atoms with Crippen LogP contribution < -0.4 is 5.32 Å². The highest BCUT2D eigenvalue weighted by Crippen LogP contribution is 2.18. The molecule has 234 valence electrons. The van der Waals surface area contributed by atoms with Crippen molar-refractivity contribution in [2.45, 2.75) is 161 Å². The summed E-state index contributed by atoms with van der Waals surface area (Å²) in [6, 6.07) is -0.284. The van der Waals surface area contributed by atoms with Gasteiger partial charge in [-0.1, -0.05) is 71.6 Å². The summed E-state index contributed by atoms with van der Waals surface area (Å²) in [5.41, 5.74) is 0. The minimum absolute atomic E-state index is 0.0574. The van der Waals surface area contributed by atoms with Crippen molar-refractivity contribution in [3.63, 3.8) is 0 Å². The Hall–Kier alpha value is -1.18. The first-order valence-corrected chi connectivity index (χ1v) is 17.1. The van der Waals surface area contributed by atoms with E-state index >= 15 is 0 Å². The fourth-order valence-corrected chi connectivity index (χ4v) is 5.83. The average molecular weight is 567 g/mol. The lowest BCUT2D eigenvalue weighted by molar-refractivity contribution is -0.150. The molecule has 1 N–H and O–H groups in total. The standard InChI is InChI=1S/C33H62N2O5/c1-3-5-7-9-11-13-20-29(19-12-10-8-6-4-2)40-32(36)21-14-17-25-39-33(37)31-27-30(28-34-31)38-26-18-24-35-22-15-16-23-35/h29-31,34H,3-28H2,1-2H3/t29?,30?,31-/m0/s1. The number of carbonyl (C=O) groups excluding carboxylic acids is 2. The van der Waals surface area contributed by atoms with Gasteiger partial charge < -0.3 is 24.4 Å². The van der Waals surface area contributed by atoms with Gasteiger partial charge in [-0.3, -0.25) is 9.59 Å². The van der Waals surface area contributed by atoms with E-state index in [0.717, 1.165) is 45.3 Å². The first-order chi connectivity index (χ1) is 19.6. The highest BCUT2D eigenvalue weighted by molar-refractivity contribution is 5.76. The summed E-state index contributed by atoms with van der Waals surface area (Å²) in [5.74, 6) is -0.300. The minimum atomic E-state index is -0.284. The number of carbonyl (C=O) groups is 2. The molecule has 2 aliphatic heterocycles. The summed E-state index contributed by atoms with van der Waals surface area (Å²) in [6.45, 7) is 9.83. The molecular weight excluding hydrogens is 504 g/mol. The van der Waals surface area contributed by atoms with E-state index in [4.69, 9.17) is 14.2 Å². The smallest absolute Gasteiger partial charge is 0.323 e. The van der Waals surface area contributed by atoms with Crippen LogP contribution in [-0.2, 0) is 23.8 Å². The van der Waals surface area contributed by atoms with E-state index in [1.54, 1.807) is 0 Å². The van der Waals surface area contributed by atoms with E-state index in [0.29, 0.717) is 38.8 Å². The van der Waals surface area contributed by atoms with Gasteiger partial charge in [-0.15, -0.1) is 0 Å². The number of rotatable bonds is 25. The molecule has 2 rings (SSSR count). The van der Waals surface area contributed by atoms with E-state index < -0.39 is 0 Å². The second kappa shape index (κ2) is 23.4. The zero-order valence-corrected chi connectivity index (χ0v) is 26.1. The lowest BCUT2D eigenvalue weighted by atomic mass is 10.0. The molecule has 0 aromatic rings. The van der Waals surface area contributed by atoms with Gasteiger partial charge >= 0.3 is 11.9 Å². The SMILES string of the molecule is CCCCCCCCC(CCCCCCC)OC(=O)CCCCOC(=O)[C@@H]1CC(OCCCN2CCCC2)CN1. The van der Waals surface area contributed by atoms with Crippen LogP contribution in [0.1, 0.15) is 142 Å². The van der Waals surface area contributed by atoms with Crippen molar-refractivity contribution in [2.24, 2.45) is 0 Å². The summed E-state index contributed by atoms with van der Waals surface area (Å²) >= 11 is 0. The number of ether oxygens (including phenoxy) is 3. The third kappa shape index (κ3) is 16.9. The van der Waals surface area contributed by atoms with Gasteiger partial charge in [0.05, 0.1) is 12.7 Å². The molecule has 40 heavy (non-hydrogen) atoms. The zero-order valence-electron chi connectivity index (χ0n) is 26.1. The van der Waals surface area contributed by atoms with Crippen molar-refractivity contribution in [2.75, 3.05) is 39.4 Å². The minimum Gasteiger partial charge on any atom is -0.465 e. The van der Waals surface area contributed by atoms with Crippen LogP contribution in [0, 0.1) is 0 Å². The number of esters is 2. The average Bonchev–Trinajstić information content (AvgIpc) is 3.65. The highest BCUT2D eigenvalue weighted by Gasteiger charge is 2.31. The van der Waals surface area contributed by atoms with Crippen molar-refractivity contribution in [3.05, 3.63) is 0 Å². The maximum absolute atomic E-state index is 12.5. The third-order valence-electron chi connectivity index (χ3n) is 8.37. The Bertz CT molecular complexity index is 640. The number of nitrogens with zero attached hydrogens (tertiary/aromatic N) is 1. The molecule has 2 aliphatic rings. The molecule has 0 bridgehead atoms. The van der Waals surface area contributed by atoms with Gasteiger partial charge in [-0.2, -0.15) is 0 Å². The van der Waals surface area contributed by atoms with Crippen molar-refractivity contribution in [1.82, 2.24) is 10.2 Å². The highest BCUT2D eigenvalue weighted by atomic mass is 16.5. The molecule has 0 saturated carbocycles. The zero-order chi connectivity index (χ0) is 28.7. The number of hydrogen-bond acceptors (Lipinski definition) is 7. The lowest BCUT2D eigenvalue weighted by Crippen LogP contribution is -2.32. The van der Waals surface area contributed by atoms with Crippen molar-refractivity contribution >= 4 is 11.9 Å². The maximum atomic E-state index is 12.5. The molecule has 0 aromatic heterocycles. The van der Waals surface area contributed by atoms with E-state index in [1.807, 2.05) is 0 Å². The van der Waals surface area contributed by atoms with E-state index in [2.05, 4.69) is 24.1 Å². The summed E-state index contributed by atoms with van der Waals surface area (Å²) < 4.78 is 17.4. The molecule has 2 heterocycles. The monoisotopic (exact) mass is 566 g/mol. The molecular formula is C33H62N2O5. The van der Waals surface area contributed by atoms with Crippen LogP contribution in [0.15, 0.2) is 0 Å². The van der Waals surface area contributed by atoms with Crippen LogP contribution in [0.4, 0.5) is 0 Å². The Morgan fingerprint density at radius 2 is 1.45 bits per heavy atom. The van der Waals surface area contributed by atoms with Crippen LogP contribution in [0.2, 0.25) is 0 Å². The third-order valence-corrected chi connectivity index (χ3v) is 8.37. The van der Waals surface area contributed by atoms with E-state index in [-0.39, 0.29) is 30.2 Å². The fourth-order valence-electron chi connectivity index (χ4n) is 5.83. The quantitative estimate of drug-likeness (QED) is 0.0946. The molecule has 2 fully saturated rings. The van der Waals surface area contributed by atoms with Crippen molar-refractivity contribution < 1.29 is 23.8 Å². The topological polar surface area (TPSA) is 77.1 Å². The molecule has 2 saturated heterocycles. The number of unbranched alkanes of at least 4 members (excludes halogenated alkanes) is 10. The predicted molar refractivity (Wildman–Crippen MR) is 162 cm³/mol. The molecule has 0 amide bonds. The first kappa shape index (κ1) is 35.0. The largest absolute Gasteiger partial charge is 0.465 e. The van der Waals surface area contributed by atoms with Gasteiger partial charge in [0.25, 0.3) is 0 Å². The molecule has 0 aromatic carbocycles. The Morgan fingerprint density at radius 1 is 0.800 bits per heavy atom. The molecule has 3 atom stereocenters. The van der Waals surface area contributed by atoms with Crippen LogP contribution in [-0.4, -0.2) is 74.5 Å². The summed E-state index contributed by atoms with van der Waals surface area (Å²) in [5, 5.41) is 3.24.